The van der Waals surface area contributed by atoms with E-state index in [2.05, 4.69) is 20.5 Å². The molecule has 0 atom stereocenters. The fourth-order valence-electron chi connectivity index (χ4n) is 2.32. The molecular formula is C19H22N4O5S. The van der Waals surface area contributed by atoms with Gasteiger partial charge in [-0.05, 0) is 32.0 Å². The maximum atomic E-state index is 12.0. The lowest BCUT2D eigenvalue weighted by atomic mass is 10.2. The van der Waals surface area contributed by atoms with Crippen molar-refractivity contribution in [2.75, 3.05) is 20.0 Å². The van der Waals surface area contributed by atoms with Gasteiger partial charge < -0.3 is 14.2 Å². The third-order valence-corrected chi connectivity index (χ3v) is 4.27. The van der Waals surface area contributed by atoms with Gasteiger partial charge in [-0.3, -0.25) is 9.59 Å². The molecule has 0 unspecified atom stereocenters. The molecule has 0 spiro atoms. The zero-order chi connectivity index (χ0) is 21.4. The van der Waals surface area contributed by atoms with Crippen molar-refractivity contribution in [2.45, 2.75) is 25.9 Å². The van der Waals surface area contributed by atoms with Crippen LogP contribution in [0.4, 0.5) is 0 Å². The first-order valence-electron chi connectivity index (χ1n) is 8.53. The highest BCUT2D eigenvalue weighted by atomic mass is 32.2. The molecule has 1 heterocycles. The molecule has 9 nitrogen and oxygen atoms in total. The Kier molecular flexibility index (Phi) is 7.96. The van der Waals surface area contributed by atoms with Crippen LogP contribution >= 0.6 is 11.8 Å². The number of hydrogen-bond donors (Lipinski definition) is 1. The molecule has 0 aliphatic rings. The Morgan fingerprint density at radius 1 is 1.10 bits per heavy atom. The average Bonchev–Trinajstić information content (AvgIpc) is 2.66. The van der Waals surface area contributed by atoms with Crippen molar-refractivity contribution in [2.24, 2.45) is 5.10 Å². The van der Waals surface area contributed by atoms with Crippen LogP contribution in [0.3, 0.4) is 0 Å². The van der Waals surface area contributed by atoms with Gasteiger partial charge in [-0.1, -0.05) is 11.8 Å². The predicted octanol–water partition coefficient (Wildman–Crippen LogP) is 2.28. The minimum atomic E-state index is -0.499. The monoisotopic (exact) mass is 418 g/mol. The molecule has 1 aromatic carbocycles. The molecule has 1 aromatic heterocycles. The van der Waals surface area contributed by atoms with Crippen LogP contribution in [0.2, 0.25) is 0 Å². The zero-order valence-corrected chi connectivity index (χ0v) is 17.6. The van der Waals surface area contributed by atoms with Crippen molar-refractivity contribution in [3.8, 4) is 17.2 Å². The van der Waals surface area contributed by atoms with E-state index in [0.717, 1.165) is 11.4 Å². The maximum Gasteiger partial charge on any atom is 0.308 e. The summed E-state index contributed by atoms with van der Waals surface area (Å²) in [6.45, 7) is 5.03. The smallest absolute Gasteiger partial charge is 0.308 e. The van der Waals surface area contributed by atoms with Crippen LogP contribution in [0, 0.1) is 13.8 Å². The molecule has 0 aliphatic carbocycles. The molecule has 2 rings (SSSR count). The lowest BCUT2D eigenvalue weighted by molar-refractivity contribution is -0.132. The number of carbonyl (C=O) groups is 2. The topological polar surface area (TPSA) is 112 Å². The summed E-state index contributed by atoms with van der Waals surface area (Å²) in [4.78, 5) is 31.8. The van der Waals surface area contributed by atoms with E-state index >= 15 is 0 Å². The molecule has 0 saturated heterocycles. The summed E-state index contributed by atoms with van der Waals surface area (Å²) in [5.74, 6) is 0.0985. The van der Waals surface area contributed by atoms with Gasteiger partial charge in [0, 0.05) is 23.9 Å². The fourth-order valence-corrected chi connectivity index (χ4v) is 3.06. The Bertz CT molecular complexity index is 888. The van der Waals surface area contributed by atoms with Crippen molar-refractivity contribution in [3.05, 3.63) is 35.2 Å². The molecule has 154 valence electrons. The summed E-state index contributed by atoms with van der Waals surface area (Å²) in [6, 6.07) is 5.08. The summed E-state index contributed by atoms with van der Waals surface area (Å²) in [7, 11) is 2.88. The third kappa shape index (κ3) is 6.75. The van der Waals surface area contributed by atoms with E-state index in [1.54, 1.807) is 12.1 Å². The number of amides is 1. The second-order valence-corrected chi connectivity index (χ2v) is 6.81. The molecule has 0 saturated carbocycles. The number of methoxy groups -OCH3 is 2. The lowest BCUT2D eigenvalue weighted by Gasteiger charge is -2.13. The first-order chi connectivity index (χ1) is 13.8. The van der Waals surface area contributed by atoms with Crippen molar-refractivity contribution >= 4 is 29.9 Å². The van der Waals surface area contributed by atoms with Crippen molar-refractivity contribution in [3.63, 3.8) is 0 Å². The summed E-state index contributed by atoms with van der Waals surface area (Å²) in [5.41, 5.74) is 4.71. The number of aryl methyl sites for hydroxylation is 2. The summed E-state index contributed by atoms with van der Waals surface area (Å²) in [6.07, 6.45) is 1.43. The number of thioether (sulfide) groups is 1. The molecular weight excluding hydrogens is 396 g/mol. The van der Waals surface area contributed by atoms with E-state index in [-0.39, 0.29) is 17.4 Å². The quantitative estimate of drug-likeness (QED) is 0.174. The van der Waals surface area contributed by atoms with E-state index in [4.69, 9.17) is 14.2 Å². The first-order valence-corrected chi connectivity index (χ1v) is 9.52. The predicted molar refractivity (Wildman–Crippen MR) is 109 cm³/mol. The zero-order valence-electron chi connectivity index (χ0n) is 16.8. The number of aromatic nitrogens is 2. The standard InChI is InChI=1S/C19H22N4O5S/c1-11-6-12(2)22-19(21-11)29-10-17(25)23-20-9-14-7-15(26-4)18(28-13(3)24)16(8-14)27-5/h6-9H,10H2,1-5H3,(H,23,25). The summed E-state index contributed by atoms with van der Waals surface area (Å²) in [5, 5.41) is 4.47. The van der Waals surface area contributed by atoms with Crippen LogP contribution in [0.15, 0.2) is 28.5 Å². The van der Waals surface area contributed by atoms with Gasteiger partial charge in [0.1, 0.15) is 0 Å². The van der Waals surface area contributed by atoms with Gasteiger partial charge in [-0.25, -0.2) is 15.4 Å². The van der Waals surface area contributed by atoms with E-state index < -0.39 is 5.97 Å². The van der Waals surface area contributed by atoms with Crippen molar-refractivity contribution < 1.29 is 23.8 Å². The first kappa shape index (κ1) is 22.2. The number of hydrogen-bond acceptors (Lipinski definition) is 9. The van der Waals surface area contributed by atoms with Crippen LogP contribution in [0.1, 0.15) is 23.9 Å². The number of carbonyl (C=O) groups excluding carboxylic acids is 2. The largest absolute Gasteiger partial charge is 0.493 e. The minimum absolute atomic E-state index is 0.123. The van der Waals surface area contributed by atoms with Gasteiger partial charge >= 0.3 is 5.97 Å². The highest BCUT2D eigenvalue weighted by molar-refractivity contribution is 7.99. The summed E-state index contributed by atoms with van der Waals surface area (Å²) < 4.78 is 15.6. The number of rotatable bonds is 8. The second kappa shape index (κ2) is 10.4. The molecule has 29 heavy (non-hydrogen) atoms. The Labute approximate surface area is 172 Å². The van der Waals surface area contributed by atoms with Gasteiger partial charge in [0.2, 0.25) is 5.75 Å². The molecule has 10 heteroatoms. The molecule has 1 N–H and O–H groups in total. The second-order valence-electron chi connectivity index (χ2n) is 5.86. The molecule has 0 aliphatic heterocycles. The van der Waals surface area contributed by atoms with Crippen LogP contribution in [0.25, 0.3) is 0 Å². The molecule has 1 amide bonds. The van der Waals surface area contributed by atoms with Crippen molar-refractivity contribution in [1.82, 2.24) is 15.4 Å². The van der Waals surface area contributed by atoms with Crippen molar-refractivity contribution in [1.29, 1.82) is 0 Å². The Hall–Kier alpha value is -3.14. The number of benzene rings is 1. The number of ether oxygens (including phenoxy) is 3. The van der Waals surface area contributed by atoms with Crippen LogP contribution in [0.5, 0.6) is 17.2 Å². The summed E-state index contributed by atoms with van der Waals surface area (Å²) >= 11 is 1.23. The fraction of sp³-hybridized carbons (Fsp3) is 0.316. The third-order valence-electron chi connectivity index (χ3n) is 3.43. The molecule has 2 aromatic rings. The number of hydrazone groups is 1. The van der Waals surface area contributed by atoms with Crippen LogP contribution < -0.4 is 19.6 Å². The van der Waals surface area contributed by atoms with E-state index in [1.165, 1.54) is 39.1 Å². The number of nitrogens with zero attached hydrogens (tertiary/aromatic N) is 3. The number of nitrogens with one attached hydrogen (secondary N) is 1. The SMILES string of the molecule is COc1cc(C=NNC(=O)CSc2nc(C)cc(C)n2)cc(OC)c1OC(C)=O. The molecule has 0 bridgehead atoms. The van der Waals surface area contributed by atoms with Crippen LogP contribution in [-0.4, -0.2) is 48.0 Å². The molecule has 0 fully saturated rings. The normalized spacial score (nSPS) is 10.7. The Morgan fingerprint density at radius 2 is 1.69 bits per heavy atom. The van der Waals surface area contributed by atoms with Crippen LogP contribution in [-0.2, 0) is 9.59 Å². The van der Waals surface area contributed by atoms with Gasteiger partial charge in [0.25, 0.3) is 5.91 Å². The Balaban J connectivity index is 2.01. The van der Waals surface area contributed by atoms with E-state index in [9.17, 15) is 9.59 Å². The van der Waals surface area contributed by atoms with Gasteiger partial charge in [0.15, 0.2) is 16.7 Å². The average molecular weight is 418 g/mol. The van der Waals surface area contributed by atoms with Gasteiger partial charge in [-0.2, -0.15) is 5.10 Å². The molecule has 0 radical (unpaired) electrons. The lowest BCUT2D eigenvalue weighted by Crippen LogP contribution is -2.19. The minimum Gasteiger partial charge on any atom is -0.493 e. The van der Waals surface area contributed by atoms with Gasteiger partial charge in [-0.15, -0.1) is 0 Å². The van der Waals surface area contributed by atoms with E-state index in [1.807, 2.05) is 19.9 Å². The highest BCUT2D eigenvalue weighted by Crippen LogP contribution is 2.38. The maximum absolute atomic E-state index is 12.0. The Morgan fingerprint density at radius 3 is 2.21 bits per heavy atom. The van der Waals surface area contributed by atoms with E-state index in [0.29, 0.717) is 22.2 Å². The highest BCUT2D eigenvalue weighted by Gasteiger charge is 2.15. The number of esters is 1. The van der Waals surface area contributed by atoms with Gasteiger partial charge in [0.05, 0.1) is 26.2 Å².